The zero-order chi connectivity index (χ0) is 24.0. The zero-order valence-corrected chi connectivity index (χ0v) is 19.6. The Morgan fingerprint density at radius 3 is 2.45 bits per heavy atom. The summed E-state index contributed by atoms with van der Waals surface area (Å²) >= 11 is 6.03. The molecular weight excluding hydrogens is 444 g/mol. The summed E-state index contributed by atoms with van der Waals surface area (Å²) in [5.41, 5.74) is 6.33. The highest BCUT2D eigenvalue weighted by atomic mass is 35.5. The van der Waals surface area contributed by atoms with Gasteiger partial charge in [0.1, 0.15) is 11.5 Å². The molecule has 2 aromatic carbocycles. The van der Waals surface area contributed by atoms with Crippen LogP contribution in [0.4, 0.5) is 5.69 Å². The molecule has 3 aromatic rings. The number of methoxy groups -OCH3 is 1. The number of hydrogen-bond acceptors (Lipinski definition) is 5. The van der Waals surface area contributed by atoms with Gasteiger partial charge in [0.15, 0.2) is 0 Å². The van der Waals surface area contributed by atoms with E-state index in [1.165, 1.54) is 19.4 Å². The van der Waals surface area contributed by atoms with Crippen LogP contribution in [0.1, 0.15) is 23.9 Å². The monoisotopic (exact) mass is 468 g/mol. The average Bonchev–Trinajstić information content (AvgIpc) is 3.07. The molecule has 33 heavy (non-hydrogen) atoms. The molecule has 2 amide bonds. The fourth-order valence-electron chi connectivity index (χ4n) is 3.32. The third kappa shape index (κ3) is 5.72. The average molecular weight is 469 g/mol. The molecule has 0 aliphatic carbocycles. The highest BCUT2D eigenvalue weighted by Crippen LogP contribution is 2.27. The van der Waals surface area contributed by atoms with Crippen molar-refractivity contribution in [3.05, 3.63) is 70.5 Å². The minimum atomic E-state index is -0.904. The van der Waals surface area contributed by atoms with Crippen LogP contribution in [0.2, 0.25) is 5.02 Å². The maximum absolute atomic E-state index is 12.1. The number of carbonyl (C=O) groups is 2. The molecule has 0 saturated heterocycles. The predicted molar refractivity (Wildman–Crippen MR) is 129 cm³/mol. The molecule has 8 nitrogen and oxygen atoms in total. The summed E-state index contributed by atoms with van der Waals surface area (Å²) < 4.78 is 12.6. The summed E-state index contributed by atoms with van der Waals surface area (Å²) in [6.07, 6.45) is 1.50. The van der Waals surface area contributed by atoms with Crippen molar-refractivity contribution in [2.45, 2.75) is 20.8 Å². The van der Waals surface area contributed by atoms with Crippen molar-refractivity contribution in [3.63, 3.8) is 0 Å². The van der Waals surface area contributed by atoms with E-state index in [1.807, 2.05) is 51.1 Å². The van der Waals surface area contributed by atoms with E-state index in [2.05, 4.69) is 20.4 Å². The van der Waals surface area contributed by atoms with E-state index in [0.717, 1.165) is 28.4 Å². The van der Waals surface area contributed by atoms with Crippen LogP contribution in [0, 0.1) is 13.8 Å². The topological polar surface area (TPSA) is 94.0 Å². The van der Waals surface area contributed by atoms with Crippen LogP contribution in [0.15, 0.2) is 53.6 Å². The molecule has 0 unspecified atom stereocenters. The third-order valence-electron chi connectivity index (χ3n) is 4.86. The fraction of sp³-hybridized carbons (Fsp3) is 0.208. The van der Waals surface area contributed by atoms with E-state index in [4.69, 9.17) is 21.1 Å². The standard InChI is InChI=1S/C24H25ClN4O4/c1-5-33-20-9-7-19(8-10-20)29-15(2)12-17(16(29)3)14-26-28-24(31)23(30)27-18-6-11-22(32-4)21(25)13-18/h6-14H,5H2,1-4H3,(H,27,30)(H,28,31)/b26-14-. The second-order valence-electron chi connectivity index (χ2n) is 7.09. The van der Waals surface area contributed by atoms with Gasteiger partial charge in [-0.25, -0.2) is 5.43 Å². The number of nitrogens with one attached hydrogen (secondary N) is 2. The Balaban J connectivity index is 1.65. The summed E-state index contributed by atoms with van der Waals surface area (Å²) in [4.78, 5) is 24.2. The van der Waals surface area contributed by atoms with Gasteiger partial charge in [0, 0.05) is 28.3 Å². The van der Waals surface area contributed by atoms with Gasteiger partial charge < -0.3 is 19.4 Å². The maximum Gasteiger partial charge on any atom is 0.329 e. The SMILES string of the molecule is CCOc1ccc(-n2c(C)cc(/C=N\NC(=O)C(=O)Nc3ccc(OC)c(Cl)c3)c2C)cc1. The highest BCUT2D eigenvalue weighted by molar-refractivity contribution is 6.40. The number of anilines is 1. The van der Waals surface area contributed by atoms with Gasteiger partial charge in [-0.3, -0.25) is 9.59 Å². The van der Waals surface area contributed by atoms with Gasteiger partial charge in [-0.2, -0.15) is 5.10 Å². The van der Waals surface area contributed by atoms with Gasteiger partial charge in [-0.1, -0.05) is 11.6 Å². The molecule has 2 N–H and O–H groups in total. The van der Waals surface area contributed by atoms with Crippen LogP contribution >= 0.6 is 11.6 Å². The number of aromatic nitrogens is 1. The Bertz CT molecular complexity index is 1190. The molecule has 172 valence electrons. The Kier molecular flexibility index (Phi) is 7.74. The number of rotatable bonds is 7. The molecule has 0 bridgehead atoms. The van der Waals surface area contributed by atoms with Gasteiger partial charge in [-0.05, 0) is 69.3 Å². The minimum Gasteiger partial charge on any atom is -0.495 e. The first-order valence-corrected chi connectivity index (χ1v) is 10.6. The van der Waals surface area contributed by atoms with Crippen molar-refractivity contribution in [1.82, 2.24) is 9.99 Å². The third-order valence-corrected chi connectivity index (χ3v) is 5.16. The molecule has 0 radical (unpaired) electrons. The van der Waals surface area contributed by atoms with Gasteiger partial charge in [0.05, 0.1) is 25.0 Å². The molecule has 0 fully saturated rings. The van der Waals surface area contributed by atoms with Crippen LogP contribution in [0.25, 0.3) is 5.69 Å². The second-order valence-corrected chi connectivity index (χ2v) is 7.50. The van der Waals surface area contributed by atoms with E-state index < -0.39 is 11.8 Å². The van der Waals surface area contributed by atoms with Crippen LogP contribution < -0.4 is 20.2 Å². The lowest BCUT2D eigenvalue weighted by Crippen LogP contribution is -2.32. The molecule has 1 aromatic heterocycles. The van der Waals surface area contributed by atoms with E-state index >= 15 is 0 Å². The largest absolute Gasteiger partial charge is 0.495 e. The first-order chi connectivity index (χ1) is 15.8. The minimum absolute atomic E-state index is 0.316. The van der Waals surface area contributed by atoms with Gasteiger partial charge in [0.2, 0.25) is 0 Å². The Hall–Kier alpha value is -3.78. The highest BCUT2D eigenvalue weighted by Gasteiger charge is 2.14. The molecule has 9 heteroatoms. The van der Waals surface area contributed by atoms with Gasteiger partial charge >= 0.3 is 11.8 Å². The molecule has 3 rings (SSSR count). The van der Waals surface area contributed by atoms with E-state index in [-0.39, 0.29) is 0 Å². The Morgan fingerprint density at radius 1 is 1.09 bits per heavy atom. The van der Waals surface area contributed by atoms with Gasteiger partial charge in [-0.15, -0.1) is 0 Å². The van der Waals surface area contributed by atoms with Crippen LogP contribution in [-0.2, 0) is 9.59 Å². The Labute approximate surface area is 197 Å². The van der Waals surface area contributed by atoms with Gasteiger partial charge in [0.25, 0.3) is 0 Å². The summed E-state index contributed by atoms with van der Waals surface area (Å²) in [7, 11) is 1.49. The predicted octanol–water partition coefficient (Wildman–Crippen LogP) is 4.24. The first-order valence-electron chi connectivity index (χ1n) is 10.2. The lowest BCUT2D eigenvalue weighted by atomic mass is 10.2. The fourth-order valence-corrected chi connectivity index (χ4v) is 3.57. The van der Waals surface area contributed by atoms with Crippen LogP contribution in [-0.4, -0.2) is 36.3 Å². The summed E-state index contributed by atoms with van der Waals surface area (Å²) in [5.74, 6) is -0.498. The van der Waals surface area contributed by atoms with Crippen LogP contribution in [0.5, 0.6) is 11.5 Å². The maximum atomic E-state index is 12.1. The van der Waals surface area contributed by atoms with Crippen molar-refractivity contribution < 1.29 is 19.1 Å². The number of hydrogen-bond donors (Lipinski definition) is 2. The number of amides is 2. The summed E-state index contributed by atoms with van der Waals surface area (Å²) in [6, 6.07) is 14.4. The van der Waals surface area contributed by atoms with E-state index in [0.29, 0.717) is 23.1 Å². The van der Waals surface area contributed by atoms with E-state index in [1.54, 1.807) is 12.1 Å². The number of hydrazone groups is 1. The number of ether oxygens (including phenoxy) is 2. The zero-order valence-electron chi connectivity index (χ0n) is 18.8. The lowest BCUT2D eigenvalue weighted by Gasteiger charge is -2.11. The van der Waals surface area contributed by atoms with Crippen molar-refractivity contribution in [2.24, 2.45) is 5.10 Å². The van der Waals surface area contributed by atoms with Crippen molar-refractivity contribution >= 4 is 35.3 Å². The molecule has 0 aliphatic heterocycles. The number of carbonyl (C=O) groups excluding carboxylic acids is 2. The second kappa shape index (κ2) is 10.7. The number of aryl methyl sites for hydroxylation is 1. The number of nitrogens with zero attached hydrogens (tertiary/aromatic N) is 2. The van der Waals surface area contributed by atoms with Crippen LogP contribution in [0.3, 0.4) is 0 Å². The normalized spacial score (nSPS) is 10.8. The molecule has 0 aliphatic rings. The lowest BCUT2D eigenvalue weighted by molar-refractivity contribution is -0.136. The molecule has 0 saturated carbocycles. The number of halogens is 1. The molecular formula is C24H25ClN4O4. The first kappa shape index (κ1) is 23.9. The number of benzene rings is 2. The summed E-state index contributed by atoms with van der Waals surface area (Å²) in [6.45, 7) is 6.48. The van der Waals surface area contributed by atoms with Crippen molar-refractivity contribution in [1.29, 1.82) is 0 Å². The molecule has 0 spiro atoms. The smallest absolute Gasteiger partial charge is 0.329 e. The molecule has 0 atom stereocenters. The van der Waals surface area contributed by atoms with E-state index in [9.17, 15) is 9.59 Å². The van der Waals surface area contributed by atoms with Crippen molar-refractivity contribution in [3.8, 4) is 17.2 Å². The van der Waals surface area contributed by atoms with Crippen molar-refractivity contribution in [2.75, 3.05) is 19.0 Å². The quantitative estimate of drug-likeness (QED) is 0.308. The summed E-state index contributed by atoms with van der Waals surface area (Å²) in [5, 5.41) is 6.71. The Morgan fingerprint density at radius 2 is 1.82 bits per heavy atom. The molecule has 1 heterocycles.